The number of para-hydroxylation sites is 1. The number of fused-ring (bicyclic) bond motifs is 3. The van der Waals surface area contributed by atoms with Crippen LogP contribution in [-0.4, -0.2) is 4.57 Å². The lowest BCUT2D eigenvalue weighted by Gasteiger charge is -2.19. The predicted octanol–water partition coefficient (Wildman–Crippen LogP) is 13.3. The minimum Gasteiger partial charge on any atom is -0.310 e. The topological polar surface area (TPSA) is 4.93 Å². The Labute approximate surface area is 296 Å². The molecule has 0 saturated heterocycles. The number of hydrogen-bond donors (Lipinski definition) is 0. The van der Waals surface area contributed by atoms with Crippen molar-refractivity contribution in [3.63, 3.8) is 0 Å². The normalized spacial score (nSPS) is 12.7. The first-order valence-corrected chi connectivity index (χ1v) is 18.0. The van der Waals surface area contributed by atoms with Crippen molar-refractivity contribution in [2.24, 2.45) is 0 Å². The molecule has 50 heavy (non-hydrogen) atoms. The maximum absolute atomic E-state index is 2.46. The van der Waals surface area contributed by atoms with Gasteiger partial charge in [0.25, 0.3) is 0 Å². The van der Waals surface area contributed by atoms with Gasteiger partial charge in [0.15, 0.2) is 0 Å². The van der Waals surface area contributed by atoms with Crippen molar-refractivity contribution >= 4 is 22.6 Å². The molecular formula is C49H43N. The van der Waals surface area contributed by atoms with E-state index in [1.807, 2.05) is 0 Å². The number of rotatable bonds is 8. The lowest BCUT2D eigenvalue weighted by molar-refractivity contribution is 0.968. The molecule has 1 heterocycles. The summed E-state index contributed by atoms with van der Waals surface area (Å²) in [6.45, 7) is 6.66. The molecule has 0 atom stereocenters. The Morgan fingerprint density at radius 2 is 1.30 bits per heavy atom. The van der Waals surface area contributed by atoms with Crippen molar-refractivity contribution < 1.29 is 0 Å². The molecule has 0 radical (unpaired) electrons. The molecule has 0 unspecified atom stereocenters. The third-order valence-corrected chi connectivity index (χ3v) is 10.3. The molecule has 1 aliphatic carbocycles. The lowest BCUT2D eigenvalue weighted by Crippen LogP contribution is -2.01. The monoisotopic (exact) mass is 645 g/mol. The molecule has 8 rings (SSSR count). The zero-order chi connectivity index (χ0) is 34.0. The Kier molecular flexibility index (Phi) is 8.65. The minimum absolute atomic E-state index is 0.886. The van der Waals surface area contributed by atoms with Crippen LogP contribution in [-0.2, 0) is 12.8 Å². The van der Waals surface area contributed by atoms with Crippen LogP contribution in [0.1, 0.15) is 60.2 Å². The minimum atomic E-state index is 0.886. The molecule has 0 amide bonds. The molecule has 244 valence electrons. The molecule has 0 fully saturated rings. The highest BCUT2D eigenvalue weighted by Gasteiger charge is 2.20. The van der Waals surface area contributed by atoms with Gasteiger partial charge in [-0.2, -0.15) is 0 Å². The Balaban J connectivity index is 1.29. The highest BCUT2D eigenvalue weighted by molar-refractivity contribution is 5.95. The Morgan fingerprint density at radius 3 is 2.04 bits per heavy atom. The van der Waals surface area contributed by atoms with Crippen molar-refractivity contribution in [3.05, 3.63) is 185 Å². The zero-order valence-electron chi connectivity index (χ0n) is 29.3. The predicted molar refractivity (Wildman–Crippen MR) is 215 cm³/mol. The molecule has 0 saturated carbocycles. The second kappa shape index (κ2) is 13.7. The van der Waals surface area contributed by atoms with Gasteiger partial charge in [-0.05, 0) is 131 Å². The summed E-state index contributed by atoms with van der Waals surface area (Å²) in [6.07, 6.45) is 11.1. The van der Waals surface area contributed by atoms with Gasteiger partial charge in [-0.1, -0.05) is 140 Å². The molecule has 0 bridgehead atoms. The van der Waals surface area contributed by atoms with E-state index in [1.54, 1.807) is 0 Å². The number of hydrogen-bond acceptors (Lipinski definition) is 0. The summed E-state index contributed by atoms with van der Waals surface area (Å²) in [4.78, 5) is 0. The summed E-state index contributed by atoms with van der Waals surface area (Å²) >= 11 is 0. The van der Waals surface area contributed by atoms with E-state index in [9.17, 15) is 0 Å². The van der Waals surface area contributed by atoms with Crippen molar-refractivity contribution in [2.45, 2.75) is 46.5 Å². The van der Waals surface area contributed by atoms with Crippen LogP contribution in [0.3, 0.4) is 0 Å². The number of allylic oxidation sites excluding steroid dienone is 3. The number of aromatic nitrogens is 1. The summed E-state index contributed by atoms with van der Waals surface area (Å²) in [5, 5.41) is 1.36. The van der Waals surface area contributed by atoms with Crippen LogP contribution in [0.25, 0.3) is 61.6 Å². The average molecular weight is 646 g/mol. The quantitative estimate of drug-likeness (QED) is 0.155. The Morgan fingerprint density at radius 1 is 0.660 bits per heavy atom. The van der Waals surface area contributed by atoms with Crippen molar-refractivity contribution in [1.29, 1.82) is 0 Å². The molecule has 6 aromatic carbocycles. The summed E-state index contributed by atoms with van der Waals surface area (Å²) in [6, 6.07) is 51.8. The van der Waals surface area contributed by atoms with Gasteiger partial charge in [-0.3, -0.25) is 0 Å². The van der Waals surface area contributed by atoms with Gasteiger partial charge in [0.1, 0.15) is 0 Å². The SMILES string of the molecule is CC/C=C(\C)c1cc(Cc2ccc(-c3ccc(-n4c5c(c6ccccc64)CCC=C5)cc3-c3ccccc3)c(-c3ccccc3)c2)ccc1C. The number of aryl methyl sites for hydroxylation is 2. The van der Waals surface area contributed by atoms with E-state index in [-0.39, 0.29) is 0 Å². The fraction of sp³-hybridized carbons (Fsp3) is 0.143. The van der Waals surface area contributed by atoms with E-state index in [4.69, 9.17) is 0 Å². The molecule has 0 aliphatic heterocycles. The van der Waals surface area contributed by atoms with Crippen LogP contribution >= 0.6 is 0 Å². The molecule has 1 heteroatoms. The first kappa shape index (κ1) is 31.6. The number of nitrogens with zero attached hydrogens (tertiary/aromatic N) is 1. The third-order valence-electron chi connectivity index (χ3n) is 10.3. The Hall–Kier alpha value is -5.66. The lowest BCUT2D eigenvalue weighted by atomic mass is 9.87. The van der Waals surface area contributed by atoms with Gasteiger partial charge in [-0.15, -0.1) is 0 Å². The van der Waals surface area contributed by atoms with Crippen molar-refractivity contribution in [2.75, 3.05) is 0 Å². The second-order valence-corrected chi connectivity index (χ2v) is 13.6. The first-order valence-electron chi connectivity index (χ1n) is 18.0. The fourth-order valence-electron chi connectivity index (χ4n) is 7.88. The summed E-state index contributed by atoms with van der Waals surface area (Å²) in [7, 11) is 0. The van der Waals surface area contributed by atoms with Gasteiger partial charge in [0.2, 0.25) is 0 Å². The van der Waals surface area contributed by atoms with Gasteiger partial charge < -0.3 is 4.57 Å². The average Bonchev–Trinajstić information content (AvgIpc) is 3.50. The maximum Gasteiger partial charge on any atom is 0.0537 e. The van der Waals surface area contributed by atoms with Crippen molar-refractivity contribution in [3.8, 4) is 39.1 Å². The van der Waals surface area contributed by atoms with Gasteiger partial charge in [0, 0.05) is 16.8 Å². The molecule has 1 aromatic heterocycles. The standard InChI is InChI=1S/C49H43N/c1-4-15-34(2)45-31-36(25-24-35(45)3)30-37-26-28-41(46(32-37)38-16-7-5-8-17-38)42-29-27-40(33-47(42)39-18-9-6-10-19-39)50-48-22-13-11-20-43(48)44-21-12-14-23-49(44)50/h5-11,13-20,22-29,31-33H,4,12,21,30H2,1-3H3/b34-15+. The summed E-state index contributed by atoms with van der Waals surface area (Å²) in [5.41, 5.74) is 19.3. The van der Waals surface area contributed by atoms with Crippen LogP contribution in [0.4, 0.5) is 0 Å². The van der Waals surface area contributed by atoms with Crippen LogP contribution in [0.2, 0.25) is 0 Å². The van der Waals surface area contributed by atoms with E-state index in [0.29, 0.717) is 0 Å². The second-order valence-electron chi connectivity index (χ2n) is 13.6. The van der Waals surface area contributed by atoms with E-state index >= 15 is 0 Å². The van der Waals surface area contributed by atoms with E-state index in [2.05, 4.69) is 183 Å². The fourth-order valence-corrected chi connectivity index (χ4v) is 7.88. The third kappa shape index (κ3) is 5.94. The molecular weight excluding hydrogens is 603 g/mol. The molecule has 1 aliphatic rings. The largest absolute Gasteiger partial charge is 0.310 e. The molecule has 1 nitrogen and oxygen atoms in total. The number of benzene rings is 6. The Bertz CT molecular complexity index is 2380. The zero-order valence-corrected chi connectivity index (χ0v) is 29.3. The highest BCUT2D eigenvalue weighted by Crippen LogP contribution is 2.42. The highest BCUT2D eigenvalue weighted by atomic mass is 15.0. The molecule has 0 spiro atoms. The van der Waals surface area contributed by atoms with Crippen LogP contribution in [0, 0.1) is 6.92 Å². The summed E-state index contributed by atoms with van der Waals surface area (Å²) in [5.74, 6) is 0. The van der Waals surface area contributed by atoms with Gasteiger partial charge in [0.05, 0.1) is 5.52 Å². The summed E-state index contributed by atoms with van der Waals surface area (Å²) < 4.78 is 2.46. The maximum atomic E-state index is 2.46. The van der Waals surface area contributed by atoms with Crippen LogP contribution in [0.5, 0.6) is 0 Å². The van der Waals surface area contributed by atoms with Crippen LogP contribution < -0.4 is 0 Å². The van der Waals surface area contributed by atoms with E-state index in [1.165, 1.54) is 89.1 Å². The van der Waals surface area contributed by atoms with Gasteiger partial charge >= 0.3 is 0 Å². The molecule has 7 aromatic rings. The van der Waals surface area contributed by atoms with Crippen LogP contribution in [0.15, 0.2) is 152 Å². The van der Waals surface area contributed by atoms with E-state index < -0.39 is 0 Å². The van der Waals surface area contributed by atoms with E-state index in [0.717, 1.165) is 25.7 Å². The smallest absolute Gasteiger partial charge is 0.0537 e. The first-order chi connectivity index (χ1) is 24.6. The van der Waals surface area contributed by atoms with Gasteiger partial charge in [-0.25, -0.2) is 0 Å². The van der Waals surface area contributed by atoms with Crippen molar-refractivity contribution in [1.82, 2.24) is 4.57 Å². The molecule has 0 N–H and O–H groups in total.